The molecule has 0 radical (unpaired) electrons. The van der Waals surface area contributed by atoms with Gasteiger partial charge in [0, 0.05) is 16.5 Å². The first kappa shape index (κ1) is 33.1. The molecular weight excluding hydrogens is 688 g/mol. The number of hydrogen-bond acceptors (Lipinski definition) is 8. The summed E-state index contributed by atoms with van der Waals surface area (Å²) in [6, 6.07) is 12.4. The summed E-state index contributed by atoms with van der Waals surface area (Å²) in [5.74, 6) is -4.11. The molecule has 0 bridgehead atoms. The molecule has 48 heavy (non-hydrogen) atoms. The topological polar surface area (TPSA) is 118 Å². The van der Waals surface area contributed by atoms with Crippen LogP contribution >= 0.6 is 23.1 Å². The molecule has 3 aromatic carbocycles. The van der Waals surface area contributed by atoms with Crippen molar-refractivity contribution in [3.8, 4) is 11.5 Å². The van der Waals surface area contributed by atoms with Gasteiger partial charge in [-0.3, -0.25) is 19.2 Å². The van der Waals surface area contributed by atoms with E-state index in [0.29, 0.717) is 15.5 Å². The standard InChI is InChI=1S/C31H21F6N3O6S2/c1-45-20-10-14(8-9-19(20)46-13-21(41)38-17-6-2-4-15(11-17)30(32,33)34)22-23-25(47-26-24(22)48-29(44)39-26)28(43)40(27(23)42)18-7-3-5-16(12-18)31(35,36)37/h2-12,22-23,25H,13H2,1H3,(H,38,41)(H,39,44). The van der Waals surface area contributed by atoms with Crippen LogP contribution in [0.3, 0.4) is 0 Å². The molecule has 2 aliphatic rings. The summed E-state index contributed by atoms with van der Waals surface area (Å²) in [6.07, 6.45) is -9.32. The normalized spacial score (nSPS) is 19.1. The fourth-order valence-electron chi connectivity index (χ4n) is 5.56. The van der Waals surface area contributed by atoms with Crippen molar-refractivity contribution < 1.29 is 50.2 Å². The van der Waals surface area contributed by atoms with E-state index in [4.69, 9.17) is 9.47 Å². The Morgan fingerprint density at radius 3 is 2.27 bits per heavy atom. The molecule has 3 heterocycles. The smallest absolute Gasteiger partial charge is 0.416 e. The number of alkyl halides is 6. The number of aromatic nitrogens is 1. The van der Waals surface area contributed by atoms with Gasteiger partial charge in [-0.05, 0) is 54.1 Å². The Hall–Kier alpha value is -4.77. The zero-order valence-corrected chi connectivity index (χ0v) is 25.9. The van der Waals surface area contributed by atoms with Crippen molar-refractivity contribution in [3.63, 3.8) is 0 Å². The first-order chi connectivity index (χ1) is 22.7. The van der Waals surface area contributed by atoms with Crippen LogP contribution < -0.4 is 24.6 Å². The molecule has 2 aliphatic heterocycles. The maximum absolute atomic E-state index is 13.9. The van der Waals surface area contributed by atoms with E-state index in [1.807, 2.05) is 0 Å². The highest BCUT2D eigenvalue weighted by Crippen LogP contribution is 2.54. The van der Waals surface area contributed by atoms with Crippen LogP contribution in [0.5, 0.6) is 11.5 Å². The molecule has 1 fully saturated rings. The number of amides is 3. The van der Waals surface area contributed by atoms with Crippen LogP contribution in [0.25, 0.3) is 0 Å². The molecule has 1 saturated heterocycles. The Morgan fingerprint density at radius 2 is 1.58 bits per heavy atom. The van der Waals surface area contributed by atoms with Gasteiger partial charge in [0.05, 0.1) is 34.9 Å². The SMILES string of the molecule is COc1cc(C2c3sc(=O)[nH]c3SC3C(=O)N(c4cccc(C(F)(F)F)c4)C(=O)C32)ccc1OCC(=O)Nc1cccc(C(F)(F)F)c1. The van der Waals surface area contributed by atoms with Gasteiger partial charge >= 0.3 is 17.2 Å². The van der Waals surface area contributed by atoms with Gasteiger partial charge in [-0.15, -0.1) is 0 Å². The van der Waals surface area contributed by atoms with Gasteiger partial charge in [0.1, 0.15) is 5.25 Å². The third-order valence-corrected chi connectivity index (χ3v) is 10.0. The summed E-state index contributed by atoms with van der Waals surface area (Å²) < 4.78 is 90.5. The minimum absolute atomic E-state index is 0.0593. The minimum Gasteiger partial charge on any atom is -0.493 e. The molecule has 17 heteroatoms. The first-order valence-electron chi connectivity index (χ1n) is 13.9. The molecule has 6 rings (SSSR count). The molecule has 3 amide bonds. The maximum Gasteiger partial charge on any atom is 0.416 e. The summed E-state index contributed by atoms with van der Waals surface area (Å²) in [4.78, 5) is 55.8. The molecule has 0 aliphatic carbocycles. The second kappa shape index (κ2) is 12.4. The lowest BCUT2D eigenvalue weighted by Crippen LogP contribution is -2.32. The van der Waals surface area contributed by atoms with E-state index in [-0.39, 0.29) is 22.9 Å². The number of nitrogens with one attached hydrogen (secondary N) is 2. The van der Waals surface area contributed by atoms with Crippen molar-refractivity contribution >= 4 is 52.2 Å². The first-order valence-corrected chi connectivity index (χ1v) is 15.6. The zero-order valence-electron chi connectivity index (χ0n) is 24.3. The monoisotopic (exact) mass is 709 g/mol. The van der Waals surface area contributed by atoms with E-state index in [0.717, 1.165) is 64.4 Å². The van der Waals surface area contributed by atoms with E-state index < -0.39 is 69.8 Å². The number of benzene rings is 3. The van der Waals surface area contributed by atoms with E-state index >= 15 is 0 Å². The van der Waals surface area contributed by atoms with Crippen LogP contribution in [0.2, 0.25) is 0 Å². The third kappa shape index (κ3) is 6.26. The van der Waals surface area contributed by atoms with Gasteiger partial charge in [0.2, 0.25) is 11.8 Å². The Balaban J connectivity index is 1.27. The molecule has 9 nitrogen and oxygen atoms in total. The number of carbonyl (C=O) groups excluding carboxylic acids is 3. The number of ether oxygens (including phenoxy) is 2. The molecule has 0 spiro atoms. The number of aromatic amines is 1. The van der Waals surface area contributed by atoms with Gasteiger partial charge in [-0.25, -0.2) is 4.90 Å². The number of hydrogen-bond donors (Lipinski definition) is 2. The molecular formula is C31H21F6N3O6S2. The van der Waals surface area contributed by atoms with Gasteiger partial charge in [0.15, 0.2) is 18.1 Å². The van der Waals surface area contributed by atoms with Gasteiger partial charge in [-0.1, -0.05) is 41.3 Å². The Bertz CT molecular complexity index is 1990. The highest BCUT2D eigenvalue weighted by Gasteiger charge is 2.56. The van der Waals surface area contributed by atoms with E-state index in [1.54, 1.807) is 0 Å². The quantitative estimate of drug-likeness (QED) is 0.171. The molecule has 4 aromatic rings. The molecule has 1 aromatic heterocycles. The lowest BCUT2D eigenvalue weighted by Gasteiger charge is -2.30. The number of methoxy groups -OCH3 is 1. The van der Waals surface area contributed by atoms with Crippen molar-refractivity contribution in [2.45, 2.75) is 28.5 Å². The Morgan fingerprint density at radius 1 is 0.896 bits per heavy atom. The van der Waals surface area contributed by atoms with Crippen LogP contribution in [0.4, 0.5) is 37.7 Å². The van der Waals surface area contributed by atoms with Crippen LogP contribution in [0.15, 0.2) is 76.6 Å². The maximum atomic E-state index is 13.9. The predicted octanol–water partition coefficient (Wildman–Crippen LogP) is 6.30. The van der Waals surface area contributed by atoms with Crippen molar-refractivity contribution in [1.29, 1.82) is 0 Å². The summed E-state index contributed by atoms with van der Waals surface area (Å²) in [6.45, 7) is -0.612. The van der Waals surface area contributed by atoms with Crippen molar-refractivity contribution in [2.75, 3.05) is 23.9 Å². The average molecular weight is 710 g/mol. The van der Waals surface area contributed by atoms with Gasteiger partial charge < -0.3 is 19.8 Å². The number of H-pyrrole nitrogens is 1. The van der Waals surface area contributed by atoms with Gasteiger partial charge in [0.25, 0.3) is 5.91 Å². The number of carbonyl (C=O) groups is 3. The van der Waals surface area contributed by atoms with Crippen LogP contribution in [0, 0.1) is 5.92 Å². The molecule has 3 atom stereocenters. The summed E-state index contributed by atoms with van der Waals surface area (Å²) in [5.41, 5.74) is -1.91. The number of halogens is 6. The van der Waals surface area contributed by atoms with E-state index in [1.165, 1.54) is 37.4 Å². The average Bonchev–Trinajstić information content (AvgIpc) is 3.53. The highest BCUT2D eigenvalue weighted by atomic mass is 32.2. The third-order valence-electron chi connectivity index (χ3n) is 7.63. The predicted molar refractivity (Wildman–Crippen MR) is 162 cm³/mol. The minimum atomic E-state index is -4.71. The molecule has 2 N–H and O–H groups in total. The van der Waals surface area contributed by atoms with Crippen LogP contribution in [-0.4, -0.2) is 41.7 Å². The molecule has 0 saturated carbocycles. The van der Waals surface area contributed by atoms with Crippen LogP contribution in [-0.2, 0) is 26.7 Å². The largest absolute Gasteiger partial charge is 0.493 e. The van der Waals surface area contributed by atoms with E-state index in [9.17, 15) is 45.5 Å². The Labute approximate surface area is 274 Å². The lowest BCUT2D eigenvalue weighted by atomic mass is 9.83. The second-order valence-corrected chi connectivity index (χ2v) is 12.8. The van der Waals surface area contributed by atoms with Crippen molar-refractivity contribution in [1.82, 2.24) is 4.98 Å². The number of fused-ring (bicyclic) bond motifs is 2. The fourth-order valence-corrected chi connectivity index (χ4v) is 8.08. The highest BCUT2D eigenvalue weighted by molar-refractivity contribution is 8.00. The van der Waals surface area contributed by atoms with Crippen LogP contribution in [0.1, 0.15) is 27.5 Å². The van der Waals surface area contributed by atoms with Crippen molar-refractivity contribution in [3.05, 3.63) is 98.0 Å². The van der Waals surface area contributed by atoms with Crippen molar-refractivity contribution in [2.24, 2.45) is 5.92 Å². The van der Waals surface area contributed by atoms with Gasteiger partial charge in [-0.2, -0.15) is 26.3 Å². The number of thioether (sulfide) groups is 1. The number of imide groups is 1. The Kier molecular flexibility index (Phi) is 8.53. The summed E-state index contributed by atoms with van der Waals surface area (Å²) >= 11 is 1.78. The summed E-state index contributed by atoms with van der Waals surface area (Å²) in [7, 11) is 1.30. The zero-order chi connectivity index (χ0) is 34.5. The van der Waals surface area contributed by atoms with E-state index in [2.05, 4.69) is 10.3 Å². The number of thiazole rings is 1. The molecule has 250 valence electrons. The second-order valence-electron chi connectivity index (χ2n) is 10.6. The number of nitrogens with zero attached hydrogens (tertiary/aromatic N) is 1. The number of rotatable bonds is 7. The summed E-state index contributed by atoms with van der Waals surface area (Å²) in [5, 5.41) is 1.60. The fraction of sp³-hybridized carbons (Fsp3) is 0.226. The molecule has 3 unspecified atom stereocenters. The number of anilines is 2. The lowest BCUT2D eigenvalue weighted by molar-refractivity contribution is -0.138.